The standard InChI is InChI=1S/C19H28N2O5S/c1-15(23)21-16-5-7-17(8-6-16)27(25,26)12-9-18(24)20-13-19(14-22)10-3-2-4-11-19/h5-8,22H,2-4,9-14H2,1H3,(H,20,24)(H,21,23). The summed E-state index contributed by atoms with van der Waals surface area (Å²) in [6.45, 7) is 1.79. The third-order valence-corrected chi connectivity index (χ3v) is 6.77. The van der Waals surface area contributed by atoms with E-state index >= 15 is 0 Å². The summed E-state index contributed by atoms with van der Waals surface area (Å²) in [5.74, 6) is -0.850. The lowest BCUT2D eigenvalue weighted by Crippen LogP contribution is -2.41. The fourth-order valence-corrected chi connectivity index (χ4v) is 4.60. The van der Waals surface area contributed by atoms with Crippen molar-refractivity contribution in [1.82, 2.24) is 5.32 Å². The van der Waals surface area contributed by atoms with E-state index in [1.807, 2.05) is 0 Å². The van der Waals surface area contributed by atoms with Crippen LogP contribution in [0, 0.1) is 5.41 Å². The summed E-state index contributed by atoms with van der Waals surface area (Å²) in [5.41, 5.74) is 0.243. The molecule has 0 atom stereocenters. The van der Waals surface area contributed by atoms with Crippen molar-refractivity contribution in [3.63, 3.8) is 0 Å². The molecule has 0 bridgehead atoms. The summed E-state index contributed by atoms with van der Waals surface area (Å²) in [5, 5.41) is 15.0. The number of aliphatic hydroxyl groups excluding tert-OH is 1. The molecule has 1 aromatic rings. The number of anilines is 1. The van der Waals surface area contributed by atoms with Crippen molar-refractivity contribution >= 4 is 27.3 Å². The summed E-state index contributed by atoms with van der Waals surface area (Å²) in [7, 11) is -3.59. The number of rotatable bonds is 8. The number of sulfone groups is 1. The molecule has 8 heteroatoms. The van der Waals surface area contributed by atoms with Crippen LogP contribution < -0.4 is 10.6 Å². The van der Waals surface area contributed by atoms with E-state index in [1.54, 1.807) is 0 Å². The number of carbonyl (C=O) groups is 2. The zero-order valence-corrected chi connectivity index (χ0v) is 16.5. The average Bonchev–Trinajstić information content (AvgIpc) is 2.65. The smallest absolute Gasteiger partial charge is 0.221 e. The summed E-state index contributed by atoms with van der Waals surface area (Å²) < 4.78 is 24.8. The summed E-state index contributed by atoms with van der Waals surface area (Å²) >= 11 is 0. The number of carbonyl (C=O) groups excluding carboxylic acids is 2. The third kappa shape index (κ3) is 6.32. The molecule has 0 heterocycles. The predicted octanol–water partition coefficient (Wildman–Crippen LogP) is 1.87. The predicted molar refractivity (Wildman–Crippen MR) is 103 cm³/mol. The minimum atomic E-state index is -3.59. The molecule has 0 aromatic heterocycles. The molecule has 7 nitrogen and oxygen atoms in total. The lowest BCUT2D eigenvalue weighted by Gasteiger charge is -2.35. The number of hydrogen-bond donors (Lipinski definition) is 3. The number of amides is 2. The zero-order chi connectivity index (χ0) is 19.9. The van der Waals surface area contributed by atoms with Gasteiger partial charge in [-0.25, -0.2) is 8.42 Å². The quantitative estimate of drug-likeness (QED) is 0.621. The first-order chi connectivity index (χ1) is 12.8. The van der Waals surface area contributed by atoms with Crippen LogP contribution in [-0.4, -0.2) is 44.2 Å². The summed E-state index contributed by atoms with van der Waals surface area (Å²) in [6, 6.07) is 5.87. The van der Waals surface area contributed by atoms with Gasteiger partial charge in [0.2, 0.25) is 11.8 Å². The maximum Gasteiger partial charge on any atom is 0.221 e. The monoisotopic (exact) mass is 396 g/mol. The van der Waals surface area contributed by atoms with Crippen molar-refractivity contribution in [3.05, 3.63) is 24.3 Å². The highest BCUT2D eigenvalue weighted by Crippen LogP contribution is 2.35. The van der Waals surface area contributed by atoms with Gasteiger partial charge in [0, 0.05) is 31.0 Å². The van der Waals surface area contributed by atoms with Gasteiger partial charge in [0.15, 0.2) is 9.84 Å². The van der Waals surface area contributed by atoms with Crippen molar-refractivity contribution < 1.29 is 23.1 Å². The molecule has 3 N–H and O–H groups in total. The topological polar surface area (TPSA) is 113 Å². The molecule has 1 saturated carbocycles. The number of aliphatic hydroxyl groups is 1. The number of nitrogens with one attached hydrogen (secondary N) is 2. The maximum absolute atomic E-state index is 12.4. The van der Waals surface area contributed by atoms with Crippen LogP contribution in [0.4, 0.5) is 5.69 Å². The molecule has 0 radical (unpaired) electrons. The molecule has 1 aliphatic carbocycles. The first kappa shape index (κ1) is 21.4. The summed E-state index contributed by atoms with van der Waals surface area (Å²) in [6.07, 6.45) is 4.86. The van der Waals surface area contributed by atoms with Crippen LogP contribution in [0.1, 0.15) is 45.4 Å². The highest BCUT2D eigenvalue weighted by Gasteiger charge is 2.31. The second-order valence-corrected chi connectivity index (χ2v) is 9.38. The minimum absolute atomic E-state index is 0.0340. The van der Waals surface area contributed by atoms with Crippen molar-refractivity contribution in [1.29, 1.82) is 0 Å². The Morgan fingerprint density at radius 2 is 1.74 bits per heavy atom. The molecular formula is C19H28N2O5S. The molecule has 1 aliphatic rings. The Morgan fingerprint density at radius 3 is 2.30 bits per heavy atom. The van der Waals surface area contributed by atoms with Gasteiger partial charge in [-0.3, -0.25) is 9.59 Å². The van der Waals surface area contributed by atoms with E-state index in [0.717, 1.165) is 32.1 Å². The fraction of sp³-hybridized carbons (Fsp3) is 0.579. The van der Waals surface area contributed by atoms with Gasteiger partial charge in [-0.05, 0) is 37.1 Å². The van der Waals surface area contributed by atoms with E-state index in [2.05, 4.69) is 10.6 Å². The average molecular weight is 397 g/mol. The Kier molecular flexibility index (Phi) is 7.38. The van der Waals surface area contributed by atoms with Crippen molar-refractivity contribution in [2.75, 3.05) is 24.2 Å². The van der Waals surface area contributed by atoms with Gasteiger partial charge >= 0.3 is 0 Å². The second-order valence-electron chi connectivity index (χ2n) is 7.27. The lowest BCUT2D eigenvalue weighted by atomic mass is 9.74. The van der Waals surface area contributed by atoms with E-state index in [4.69, 9.17) is 0 Å². The Labute approximate surface area is 160 Å². The second kappa shape index (κ2) is 9.32. The van der Waals surface area contributed by atoms with Gasteiger partial charge in [0.05, 0.1) is 17.3 Å². The van der Waals surface area contributed by atoms with Crippen molar-refractivity contribution in [3.8, 4) is 0 Å². The highest BCUT2D eigenvalue weighted by molar-refractivity contribution is 7.91. The zero-order valence-electron chi connectivity index (χ0n) is 15.7. The van der Waals surface area contributed by atoms with Gasteiger partial charge in [-0.15, -0.1) is 0 Å². The van der Waals surface area contributed by atoms with Crippen LogP contribution in [0.25, 0.3) is 0 Å². The molecule has 1 fully saturated rings. The van der Waals surface area contributed by atoms with Crippen molar-refractivity contribution in [2.45, 2.75) is 50.3 Å². The molecular weight excluding hydrogens is 368 g/mol. The van der Waals surface area contributed by atoms with Crippen molar-refractivity contribution in [2.24, 2.45) is 5.41 Å². The lowest BCUT2D eigenvalue weighted by molar-refractivity contribution is -0.121. The minimum Gasteiger partial charge on any atom is -0.396 e. The molecule has 0 aliphatic heterocycles. The van der Waals surface area contributed by atoms with E-state index in [9.17, 15) is 23.1 Å². The molecule has 0 unspecified atom stereocenters. The molecule has 27 heavy (non-hydrogen) atoms. The number of hydrogen-bond acceptors (Lipinski definition) is 5. The Bertz CT molecular complexity index is 753. The maximum atomic E-state index is 12.4. The van der Waals surface area contributed by atoms with Gasteiger partial charge in [0.25, 0.3) is 0 Å². The molecule has 2 amide bonds. The van der Waals surface area contributed by atoms with Gasteiger partial charge in [-0.2, -0.15) is 0 Å². The first-order valence-electron chi connectivity index (χ1n) is 9.24. The Balaban J connectivity index is 1.86. The van der Waals surface area contributed by atoms with E-state index in [0.29, 0.717) is 12.2 Å². The first-order valence-corrected chi connectivity index (χ1v) is 10.9. The van der Waals surface area contributed by atoms with Crippen LogP contribution in [0.3, 0.4) is 0 Å². The SMILES string of the molecule is CC(=O)Nc1ccc(S(=O)(=O)CCC(=O)NCC2(CO)CCCCC2)cc1. The molecule has 150 valence electrons. The summed E-state index contributed by atoms with van der Waals surface area (Å²) in [4.78, 5) is 23.2. The van der Waals surface area contributed by atoms with Crippen LogP contribution in [0.5, 0.6) is 0 Å². The van der Waals surface area contributed by atoms with Gasteiger partial charge in [-0.1, -0.05) is 19.3 Å². The van der Waals surface area contributed by atoms with Crippen LogP contribution in [0.15, 0.2) is 29.2 Å². The van der Waals surface area contributed by atoms with Crippen LogP contribution in [-0.2, 0) is 19.4 Å². The van der Waals surface area contributed by atoms with Gasteiger partial charge in [0.1, 0.15) is 0 Å². The van der Waals surface area contributed by atoms with E-state index in [1.165, 1.54) is 31.2 Å². The molecule has 1 aromatic carbocycles. The number of benzene rings is 1. The fourth-order valence-electron chi connectivity index (χ4n) is 3.36. The third-order valence-electron chi connectivity index (χ3n) is 5.04. The molecule has 2 rings (SSSR count). The normalized spacial score (nSPS) is 16.5. The van der Waals surface area contributed by atoms with Gasteiger partial charge < -0.3 is 15.7 Å². The largest absolute Gasteiger partial charge is 0.396 e. The molecule has 0 saturated heterocycles. The Hall–Kier alpha value is -1.93. The van der Waals surface area contributed by atoms with E-state index < -0.39 is 9.84 Å². The van der Waals surface area contributed by atoms with Crippen LogP contribution in [0.2, 0.25) is 0 Å². The highest BCUT2D eigenvalue weighted by atomic mass is 32.2. The van der Waals surface area contributed by atoms with Crippen LogP contribution >= 0.6 is 0 Å². The Morgan fingerprint density at radius 1 is 1.11 bits per heavy atom. The molecule has 0 spiro atoms. The van der Waals surface area contributed by atoms with E-state index in [-0.39, 0.29) is 40.9 Å².